The Hall–Kier alpha value is -3.32. The highest BCUT2D eigenvalue weighted by atomic mass is 32.2. The van der Waals surface area contributed by atoms with Crippen molar-refractivity contribution in [2.24, 2.45) is 0 Å². The van der Waals surface area contributed by atoms with Crippen LogP contribution in [0.5, 0.6) is 5.75 Å². The van der Waals surface area contributed by atoms with E-state index in [1.54, 1.807) is 18.5 Å². The van der Waals surface area contributed by atoms with Gasteiger partial charge in [0.05, 0.1) is 0 Å². The molecule has 1 aromatic heterocycles. The van der Waals surface area contributed by atoms with Crippen LogP contribution in [0.3, 0.4) is 0 Å². The minimum atomic E-state index is -0.704. The van der Waals surface area contributed by atoms with Crippen LogP contribution < -0.4 is 15.4 Å². The first kappa shape index (κ1) is 19.0. The van der Waals surface area contributed by atoms with Gasteiger partial charge < -0.3 is 10.1 Å². The van der Waals surface area contributed by atoms with Crippen LogP contribution in [0.1, 0.15) is 22.7 Å². The lowest BCUT2D eigenvalue weighted by Crippen LogP contribution is -2.22. The molecule has 3 aromatic rings. The summed E-state index contributed by atoms with van der Waals surface area (Å²) in [7, 11) is 0. The van der Waals surface area contributed by atoms with E-state index in [0.717, 1.165) is 21.1 Å². The zero-order valence-electron chi connectivity index (χ0n) is 15.7. The Balaban J connectivity index is 1.44. The fourth-order valence-corrected chi connectivity index (χ4v) is 3.99. The smallest absolute Gasteiger partial charge is 0.322 e. The van der Waals surface area contributed by atoms with E-state index in [4.69, 9.17) is 4.74 Å². The van der Waals surface area contributed by atoms with Crippen LogP contribution in [0.2, 0.25) is 0 Å². The van der Waals surface area contributed by atoms with Gasteiger partial charge in [-0.15, -0.1) is 0 Å². The molecule has 146 valence electrons. The van der Waals surface area contributed by atoms with Crippen molar-refractivity contribution in [3.05, 3.63) is 83.7 Å². The maximum Gasteiger partial charge on any atom is 0.322 e. The molecule has 7 heteroatoms. The number of hydrogen-bond acceptors (Lipinski definition) is 5. The summed E-state index contributed by atoms with van der Waals surface area (Å²) in [6, 6.07) is 16.5. The van der Waals surface area contributed by atoms with Crippen LogP contribution in [0.25, 0.3) is 0 Å². The highest BCUT2D eigenvalue weighted by Gasteiger charge is 2.32. The third-order valence-electron chi connectivity index (χ3n) is 4.44. The van der Waals surface area contributed by atoms with Gasteiger partial charge in [0, 0.05) is 27.7 Å². The molecule has 1 aliphatic rings. The SMILES string of the molecule is Cc1cccc(COc2ccc(Sc3cnccc3C3NC(=O)NC3=O)cc2)c1. The van der Waals surface area contributed by atoms with Crippen LogP contribution in [-0.2, 0) is 11.4 Å². The third-order valence-corrected chi connectivity index (χ3v) is 5.51. The minimum Gasteiger partial charge on any atom is -0.489 e. The molecule has 0 saturated carbocycles. The van der Waals surface area contributed by atoms with Gasteiger partial charge in [-0.1, -0.05) is 41.6 Å². The minimum absolute atomic E-state index is 0.358. The number of carbonyl (C=O) groups is 2. The number of nitrogens with one attached hydrogen (secondary N) is 2. The average molecular weight is 405 g/mol. The van der Waals surface area contributed by atoms with Crippen LogP contribution in [-0.4, -0.2) is 16.9 Å². The van der Waals surface area contributed by atoms with Crippen molar-refractivity contribution >= 4 is 23.7 Å². The number of hydrogen-bond donors (Lipinski definition) is 2. The predicted molar refractivity (Wildman–Crippen MR) is 110 cm³/mol. The van der Waals surface area contributed by atoms with Gasteiger partial charge in [0.2, 0.25) is 0 Å². The van der Waals surface area contributed by atoms with Crippen molar-refractivity contribution in [2.75, 3.05) is 0 Å². The molecule has 1 fully saturated rings. The van der Waals surface area contributed by atoms with Gasteiger partial charge in [0.25, 0.3) is 5.91 Å². The molecule has 0 radical (unpaired) electrons. The van der Waals surface area contributed by atoms with Crippen molar-refractivity contribution in [1.82, 2.24) is 15.6 Å². The molecule has 0 bridgehead atoms. The number of aromatic nitrogens is 1. The number of carbonyl (C=O) groups excluding carboxylic acids is 2. The molecule has 2 N–H and O–H groups in total. The van der Waals surface area contributed by atoms with E-state index in [-0.39, 0.29) is 5.91 Å². The molecular formula is C22H19N3O3S. The molecule has 0 spiro atoms. The second kappa shape index (κ2) is 8.36. The molecule has 3 amide bonds. The Labute approximate surface area is 172 Å². The van der Waals surface area contributed by atoms with E-state index in [2.05, 4.69) is 34.7 Å². The van der Waals surface area contributed by atoms with Crippen molar-refractivity contribution in [3.8, 4) is 5.75 Å². The molecular weight excluding hydrogens is 386 g/mol. The van der Waals surface area contributed by atoms with E-state index in [0.29, 0.717) is 12.2 Å². The number of aryl methyl sites for hydroxylation is 1. The van der Waals surface area contributed by atoms with Crippen molar-refractivity contribution in [2.45, 2.75) is 29.4 Å². The second-order valence-electron chi connectivity index (χ2n) is 6.66. The van der Waals surface area contributed by atoms with Crippen molar-refractivity contribution < 1.29 is 14.3 Å². The van der Waals surface area contributed by atoms with Crippen LogP contribution in [0.4, 0.5) is 4.79 Å². The number of urea groups is 1. The number of amides is 3. The number of imide groups is 1. The van der Waals surface area contributed by atoms with E-state index >= 15 is 0 Å². The molecule has 2 heterocycles. The summed E-state index contributed by atoms with van der Waals surface area (Å²) in [5.74, 6) is 0.424. The van der Waals surface area contributed by atoms with E-state index < -0.39 is 12.1 Å². The van der Waals surface area contributed by atoms with Gasteiger partial charge in [0.1, 0.15) is 18.4 Å². The summed E-state index contributed by atoms with van der Waals surface area (Å²) in [6.45, 7) is 2.57. The highest BCUT2D eigenvalue weighted by Crippen LogP contribution is 2.34. The summed E-state index contributed by atoms with van der Waals surface area (Å²) in [4.78, 5) is 29.4. The van der Waals surface area contributed by atoms with Crippen LogP contribution >= 0.6 is 11.8 Å². The van der Waals surface area contributed by atoms with Gasteiger partial charge in [0.15, 0.2) is 0 Å². The fraction of sp³-hybridized carbons (Fsp3) is 0.136. The quantitative estimate of drug-likeness (QED) is 0.606. The predicted octanol–water partition coefficient (Wildman–Crippen LogP) is 4.00. The monoisotopic (exact) mass is 405 g/mol. The maximum atomic E-state index is 12.0. The summed E-state index contributed by atoms with van der Waals surface area (Å²) >= 11 is 1.48. The van der Waals surface area contributed by atoms with Crippen molar-refractivity contribution in [1.29, 1.82) is 0 Å². The first-order valence-electron chi connectivity index (χ1n) is 9.10. The second-order valence-corrected chi connectivity index (χ2v) is 7.78. The number of benzene rings is 2. The largest absolute Gasteiger partial charge is 0.489 e. The molecule has 6 nitrogen and oxygen atoms in total. The standard InChI is InChI=1S/C22H19N3O3S/c1-14-3-2-4-15(11-14)13-28-16-5-7-17(8-6-16)29-19-12-23-10-9-18(19)20-21(26)25-22(27)24-20/h2-12,20H,13H2,1H3,(H2,24,25,26,27). The van der Waals surface area contributed by atoms with Crippen LogP contribution in [0, 0.1) is 6.92 Å². The summed E-state index contributed by atoms with van der Waals surface area (Å²) in [5.41, 5.74) is 3.05. The summed E-state index contributed by atoms with van der Waals surface area (Å²) in [6.07, 6.45) is 3.30. The summed E-state index contributed by atoms with van der Waals surface area (Å²) < 4.78 is 5.86. The Morgan fingerprint density at radius 3 is 2.66 bits per heavy atom. The molecule has 29 heavy (non-hydrogen) atoms. The highest BCUT2D eigenvalue weighted by molar-refractivity contribution is 7.99. The van der Waals surface area contributed by atoms with Gasteiger partial charge in [-0.2, -0.15) is 0 Å². The Bertz CT molecular complexity index is 1050. The Kier molecular flexibility index (Phi) is 5.48. The van der Waals surface area contributed by atoms with Gasteiger partial charge in [-0.05, 0) is 42.8 Å². The molecule has 1 unspecified atom stereocenters. The molecule has 1 saturated heterocycles. The number of rotatable bonds is 6. The molecule has 0 aliphatic carbocycles. The molecule has 1 atom stereocenters. The molecule has 4 rings (SSSR count). The van der Waals surface area contributed by atoms with Crippen LogP contribution in [0.15, 0.2) is 76.8 Å². The van der Waals surface area contributed by atoms with Crippen molar-refractivity contribution in [3.63, 3.8) is 0 Å². The summed E-state index contributed by atoms with van der Waals surface area (Å²) in [5, 5.41) is 4.89. The topological polar surface area (TPSA) is 80.3 Å². The maximum absolute atomic E-state index is 12.0. The lowest BCUT2D eigenvalue weighted by Gasteiger charge is -2.13. The Morgan fingerprint density at radius 1 is 1.10 bits per heavy atom. The lowest BCUT2D eigenvalue weighted by molar-refractivity contribution is -0.120. The molecule has 1 aliphatic heterocycles. The number of ether oxygens (including phenoxy) is 1. The zero-order chi connectivity index (χ0) is 20.2. The fourth-order valence-electron chi connectivity index (χ4n) is 3.05. The third kappa shape index (κ3) is 4.57. The first-order chi connectivity index (χ1) is 14.1. The van der Waals surface area contributed by atoms with Gasteiger partial charge >= 0.3 is 6.03 Å². The van der Waals surface area contributed by atoms with E-state index in [1.165, 1.54) is 17.3 Å². The normalized spacial score (nSPS) is 15.7. The number of nitrogens with zero attached hydrogens (tertiary/aromatic N) is 1. The zero-order valence-corrected chi connectivity index (χ0v) is 16.5. The first-order valence-corrected chi connectivity index (χ1v) is 9.92. The Morgan fingerprint density at radius 2 is 1.93 bits per heavy atom. The van der Waals surface area contributed by atoms with E-state index in [1.807, 2.05) is 36.4 Å². The molecule has 2 aromatic carbocycles. The average Bonchev–Trinajstić information content (AvgIpc) is 3.06. The number of pyridine rings is 1. The van der Waals surface area contributed by atoms with Gasteiger partial charge in [-0.3, -0.25) is 15.1 Å². The van der Waals surface area contributed by atoms with E-state index in [9.17, 15) is 9.59 Å². The van der Waals surface area contributed by atoms with Gasteiger partial charge in [-0.25, -0.2) is 4.79 Å². The lowest BCUT2D eigenvalue weighted by atomic mass is 10.1.